The summed E-state index contributed by atoms with van der Waals surface area (Å²) in [6.07, 6.45) is 5.03. The third kappa shape index (κ3) is 5.82. The predicted molar refractivity (Wildman–Crippen MR) is 106 cm³/mol. The Hall–Kier alpha value is -3.34. The number of carbonyl (C=O) groups excluding carboxylic acids is 1. The van der Waals surface area contributed by atoms with Crippen LogP contribution in [0, 0.1) is 11.3 Å². The van der Waals surface area contributed by atoms with Gasteiger partial charge in [-0.1, -0.05) is 13.8 Å². The fourth-order valence-corrected chi connectivity index (χ4v) is 2.77. The first-order valence-corrected chi connectivity index (χ1v) is 9.40. The van der Waals surface area contributed by atoms with Gasteiger partial charge in [0.15, 0.2) is 0 Å². The minimum Gasteiger partial charge on any atom is -0.358 e. The van der Waals surface area contributed by atoms with E-state index in [4.69, 9.17) is 5.26 Å². The SMILES string of the molecule is CC.N#Cc1ccc(-c2cnc3cc(CCC(F)(F)CCNC=O)ccn23)cn1. The fourth-order valence-electron chi connectivity index (χ4n) is 2.77. The van der Waals surface area contributed by atoms with Crippen molar-refractivity contribution in [2.24, 2.45) is 0 Å². The lowest BCUT2D eigenvalue weighted by molar-refractivity contribution is -0.109. The summed E-state index contributed by atoms with van der Waals surface area (Å²) < 4.78 is 29.5. The van der Waals surface area contributed by atoms with E-state index in [1.165, 1.54) is 0 Å². The Morgan fingerprint density at radius 3 is 2.66 bits per heavy atom. The second kappa shape index (κ2) is 10.3. The Morgan fingerprint density at radius 2 is 2.00 bits per heavy atom. The number of alkyl halides is 2. The zero-order valence-corrected chi connectivity index (χ0v) is 16.4. The van der Waals surface area contributed by atoms with E-state index in [1.54, 1.807) is 42.9 Å². The molecular formula is C21H23F2N5O. The van der Waals surface area contributed by atoms with Gasteiger partial charge < -0.3 is 5.32 Å². The monoisotopic (exact) mass is 399 g/mol. The fraction of sp³-hybridized carbons (Fsp3) is 0.333. The Kier molecular flexibility index (Phi) is 7.78. The maximum absolute atomic E-state index is 13.8. The Labute approximate surface area is 168 Å². The van der Waals surface area contributed by atoms with E-state index in [1.807, 2.05) is 24.3 Å². The third-order valence-corrected chi connectivity index (χ3v) is 4.25. The van der Waals surface area contributed by atoms with Gasteiger partial charge in [0, 0.05) is 37.3 Å². The highest BCUT2D eigenvalue weighted by Crippen LogP contribution is 2.26. The zero-order valence-electron chi connectivity index (χ0n) is 16.4. The number of carbonyl (C=O) groups is 1. The van der Waals surface area contributed by atoms with Crippen molar-refractivity contribution < 1.29 is 13.6 Å². The number of imidazole rings is 1. The van der Waals surface area contributed by atoms with E-state index in [0.717, 1.165) is 16.8 Å². The van der Waals surface area contributed by atoms with Crippen molar-refractivity contribution in [1.29, 1.82) is 5.26 Å². The largest absolute Gasteiger partial charge is 0.358 e. The number of aromatic nitrogens is 3. The number of halogens is 2. The number of hydrogen-bond donors (Lipinski definition) is 1. The van der Waals surface area contributed by atoms with Gasteiger partial charge >= 0.3 is 0 Å². The maximum atomic E-state index is 13.8. The van der Waals surface area contributed by atoms with Gasteiger partial charge in [0.2, 0.25) is 12.3 Å². The molecule has 0 aromatic carbocycles. The highest BCUT2D eigenvalue weighted by Gasteiger charge is 2.27. The summed E-state index contributed by atoms with van der Waals surface area (Å²) in [6, 6.07) is 8.95. The first-order chi connectivity index (χ1) is 14.0. The van der Waals surface area contributed by atoms with Crippen molar-refractivity contribution in [3.63, 3.8) is 0 Å². The number of hydrogen-bond acceptors (Lipinski definition) is 4. The van der Waals surface area contributed by atoms with Gasteiger partial charge in [-0.15, -0.1) is 0 Å². The summed E-state index contributed by atoms with van der Waals surface area (Å²) in [5.41, 5.74) is 3.36. The van der Waals surface area contributed by atoms with E-state index in [-0.39, 0.29) is 25.8 Å². The molecule has 0 saturated carbocycles. The van der Waals surface area contributed by atoms with Crippen LogP contribution in [0.5, 0.6) is 0 Å². The van der Waals surface area contributed by atoms with Crippen molar-refractivity contribution in [3.05, 3.63) is 54.1 Å². The van der Waals surface area contributed by atoms with E-state index in [9.17, 15) is 13.6 Å². The maximum Gasteiger partial charge on any atom is 0.250 e. The van der Waals surface area contributed by atoms with Crippen LogP contribution >= 0.6 is 0 Å². The smallest absolute Gasteiger partial charge is 0.250 e. The van der Waals surface area contributed by atoms with Crippen molar-refractivity contribution >= 4 is 12.1 Å². The van der Waals surface area contributed by atoms with Gasteiger partial charge in [-0.25, -0.2) is 18.7 Å². The Bertz CT molecular complexity index is 977. The lowest BCUT2D eigenvalue weighted by atomic mass is 10.0. The standard InChI is InChI=1S/C19H17F2N5O.C2H6/c20-19(21,6-7-23-13-27)5-3-14-4-8-26-17(12-25-18(26)9-14)15-1-2-16(10-22)24-11-15;1-2/h1-2,4,8-9,11-13H,3,5-7H2,(H,23,27);1-2H3. The summed E-state index contributed by atoms with van der Waals surface area (Å²) in [7, 11) is 0. The van der Waals surface area contributed by atoms with Crippen molar-refractivity contribution in [2.45, 2.75) is 39.0 Å². The molecule has 152 valence electrons. The third-order valence-electron chi connectivity index (χ3n) is 4.25. The van der Waals surface area contributed by atoms with Crippen LogP contribution in [0.15, 0.2) is 42.9 Å². The molecule has 0 aliphatic rings. The highest BCUT2D eigenvalue weighted by molar-refractivity contribution is 5.63. The summed E-state index contributed by atoms with van der Waals surface area (Å²) in [6.45, 7) is 3.96. The quantitative estimate of drug-likeness (QED) is 0.458. The minimum atomic E-state index is -2.84. The average Bonchev–Trinajstić information content (AvgIpc) is 3.17. The molecule has 29 heavy (non-hydrogen) atoms. The van der Waals surface area contributed by atoms with Crippen molar-refractivity contribution in [1.82, 2.24) is 19.7 Å². The number of nitriles is 1. The first-order valence-electron chi connectivity index (χ1n) is 9.40. The lowest BCUT2D eigenvalue weighted by Crippen LogP contribution is -2.24. The van der Waals surface area contributed by atoms with Crippen LogP contribution in [-0.4, -0.2) is 33.2 Å². The van der Waals surface area contributed by atoms with Crippen LogP contribution in [-0.2, 0) is 11.2 Å². The summed E-state index contributed by atoms with van der Waals surface area (Å²) >= 11 is 0. The molecule has 6 nitrogen and oxygen atoms in total. The molecule has 0 unspecified atom stereocenters. The summed E-state index contributed by atoms with van der Waals surface area (Å²) in [5.74, 6) is -2.84. The molecule has 0 aliphatic carbocycles. The van der Waals surface area contributed by atoms with Gasteiger partial charge in [0.05, 0.1) is 11.9 Å². The minimum absolute atomic E-state index is 0.0439. The van der Waals surface area contributed by atoms with Crippen LogP contribution in [0.3, 0.4) is 0 Å². The average molecular weight is 399 g/mol. The molecule has 0 bridgehead atoms. The van der Waals surface area contributed by atoms with E-state index in [0.29, 0.717) is 17.8 Å². The number of nitrogens with one attached hydrogen (secondary N) is 1. The van der Waals surface area contributed by atoms with Gasteiger partial charge in [0.25, 0.3) is 0 Å². The van der Waals surface area contributed by atoms with Gasteiger partial charge in [-0.2, -0.15) is 5.26 Å². The molecule has 0 atom stereocenters. The lowest BCUT2D eigenvalue weighted by Gasteiger charge is -2.16. The van der Waals surface area contributed by atoms with Crippen molar-refractivity contribution in [2.75, 3.05) is 6.54 Å². The van der Waals surface area contributed by atoms with E-state index < -0.39 is 5.92 Å². The molecule has 0 spiro atoms. The number of nitrogens with zero attached hydrogens (tertiary/aromatic N) is 4. The van der Waals surface area contributed by atoms with Gasteiger partial charge in [-0.3, -0.25) is 9.20 Å². The molecule has 3 heterocycles. The second-order valence-corrected chi connectivity index (χ2v) is 6.13. The Balaban J connectivity index is 0.00000145. The zero-order chi connectivity index (χ0) is 21.3. The summed E-state index contributed by atoms with van der Waals surface area (Å²) in [4.78, 5) is 18.5. The molecule has 1 amide bonds. The van der Waals surface area contributed by atoms with E-state index in [2.05, 4.69) is 15.3 Å². The number of rotatable bonds is 8. The molecule has 0 fully saturated rings. The number of fused-ring (bicyclic) bond motifs is 1. The van der Waals surface area contributed by atoms with Gasteiger partial charge in [0.1, 0.15) is 17.4 Å². The Morgan fingerprint density at radius 1 is 1.21 bits per heavy atom. The molecule has 3 aromatic heterocycles. The second-order valence-electron chi connectivity index (χ2n) is 6.13. The normalized spacial score (nSPS) is 10.7. The van der Waals surface area contributed by atoms with Crippen molar-refractivity contribution in [3.8, 4) is 17.3 Å². The molecular weight excluding hydrogens is 376 g/mol. The molecule has 0 saturated heterocycles. The predicted octanol–water partition coefficient (Wildman–Crippen LogP) is 4.00. The molecule has 1 N–H and O–H groups in total. The molecule has 0 aliphatic heterocycles. The molecule has 0 radical (unpaired) electrons. The highest BCUT2D eigenvalue weighted by atomic mass is 19.3. The summed E-state index contributed by atoms with van der Waals surface area (Å²) in [5, 5.41) is 11.1. The van der Waals surface area contributed by atoms with E-state index >= 15 is 0 Å². The molecule has 8 heteroatoms. The molecule has 3 rings (SSSR count). The van der Waals surface area contributed by atoms with Crippen LogP contribution in [0.2, 0.25) is 0 Å². The number of aryl methyl sites for hydroxylation is 1. The van der Waals surface area contributed by atoms with Crippen LogP contribution in [0.4, 0.5) is 8.78 Å². The molecule has 3 aromatic rings. The topological polar surface area (TPSA) is 83.1 Å². The number of pyridine rings is 2. The van der Waals surface area contributed by atoms with Crippen LogP contribution in [0.25, 0.3) is 16.9 Å². The number of amides is 1. The first kappa shape index (κ1) is 22.0. The van der Waals surface area contributed by atoms with Crippen LogP contribution in [0.1, 0.15) is 37.9 Å². The van der Waals surface area contributed by atoms with Crippen LogP contribution < -0.4 is 5.32 Å². The van der Waals surface area contributed by atoms with Gasteiger partial charge in [-0.05, 0) is 36.2 Å².